The van der Waals surface area contributed by atoms with Crippen LogP contribution in [0.4, 0.5) is 5.00 Å². The number of aromatic nitrogens is 2. The molecule has 9 heteroatoms. The van der Waals surface area contributed by atoms with Gasteiger partial charge in [0.1, 0.15) is 11.1 Å². The number of anilines is 1. The molecule has 3 aromatic rings. The Morgan fingerprint density at radius 2 is 2.07 bits per heavy atom. The Kier molecular flexibility index (Phi) is 6.27. The van der Waals surface area contributed by atoms with Crippen LogP contribution in [0, 0.1) is 11.3 Å². The van der Waals surface area contributed by atoms with E-state index in [0.29, 0.717) is 17.7 Å². The van der Waals surface area contributed by atoms with Gasteiger partial charge in [-0.2, -0.15) is 10.4 Å². The molecule has 0 fully saturated rings. The topological polar surface area (TPSA) is 82.7 Å². The fraction of sp³-hybridized carbons (Fsp3) is 0.238. The minimum Gasteiger partial charge on any atom is -0.323 e. The number of benzene rings is 1. The van der Waals surface area contributed by atoms with E-state index in [9.17, 15) is 10.1 Å². The first kappa shape index (κ1) is 20.7. The van der Waals surface area contributed by atoms with E-state index in [1.807, 2.05) is 23.0 Å². The molecule has 0 radical (unpaired) electrons. The molecule has 0 saturated carbocycles. The largest absolute Gasteiger partial charge is 0.323 e. The lowest BCUT2D eigenvalue weighted by Crippen LogP contribution is -2.34. The summed E-state index contributed by atoms with van der Waals surface area (Å²) in [4.78, 5) is 13.8. The summed E-state index contributed by atoms with van der Waals surface area (Å²) in [5.74, 6) is -0.291. The van der Waals surface area contributed by atoms with Gasteiger partial charge in [-0.05, 0) is 77.1 Å². The van der Waals surface area contributed by atoms with Crippen molar-refractivity contribution < 1.29 is 4.79 Å². The van der Waals surface area contributed by atoms with Crippen LogP contribution in [-0.2, 0) is 19.4 Å². The van der Waals surface area contributed by atoms with Crippen LogP contribution >= 0.6 is 39.5 Å². The summed E-state index contributed by atoms with van der Waals surface area (Å²) in [6.07, 6.45) is 7.80. The van der Waals surface area contributed by atoms with Gasteiger partial charge in [0.15, 0.2) is 5.11 Å². The predicted molar refractivity (Wildman–Crippen MR) is 125 cm³/mol. The number of nitrogens with one attached hydrogen (secondary N) is 2. The Labute approximate surface area is 192 Å². The summed E-state index contributed by atoms with van der Waals surface area (Å²) in [5.41, 5.74) is 3.33. The van der Waals surface area contributed by atoms with Crippen molar-refractivity contribution in [2.24, 2.45) is 0 Å². The van der Waals surface area contributed by atoms with Gasteiger partial charge in [-0.3, -0.25) is 14.8 Å². The lowest BCUT2D eigenvalue weighted by atomic mass is 9.96. The van der Waals surface area contributed by atoms with Gasteiger partial charge in [0.25, 0.3) is 5.91 Å². The highest BCUT2D eigenvalue weighted by atomic mass is 79.9. The smallest absolute Gasteiger partial charge is 0.257 e. The number of halogens is 1. The molecule has 0 bridgehead atoms. The van der Waals surface area contributed by atoms with Crippen molar-refractivity contribution in [2.75, 3.05) is 5.32 Å². The molecule has 2 heterocycles. The lowest BCUT2D eigenvalue weighted by molar-refractivity contribution is 0.0977. The number of thiocarbonyl (C=S) groups is 1. The molecule has 2 N–H and O–H groups in total. The molecule has 1 aliphatic carbocycles. The van der Waals surface area contributed by atoms with Gasteiger partial charge in [-0.1, -0.05) is 12.1 Å². The van der Waals surface area contributed by atoms with E-state index in [1.165, 1.54) is 4.88 Å². The number of rotatable bonds is 4. The summed E-state index contributed by atoms with van der Waals surface area (Å²) >= 11 is 10.2. The third-order valence-corrected chi connectivity index (χ3v) is 6.72. The second-order valence-electron chi connectivity index (χ2n) is 6.99. The van der Waals surface area contributed by atoms with E-state index in [0.717, 1.165) is 46.3 Å². The number of thiophene rings is 1. The number of hydrogen-bond donors (Lipinski definition) is 2. The van der Waals surface area contributed by atoms with Crippen LogP contribution in [0.1, 0.15) is 44.8 Å². The molecular formula is C21H18BrN5OS2. The monoisotopic (exact) mass is 499 g/mol. The van der Waals surface area contributed by atoms with Crippen LogP contribution < -0.4 is 10.6 Å². The van der Waals surface area contributed by atoms with Gasteiger partial charge in [0.05, 0.1) is 22.8 Å². The van der Waals surface area contributed by atoms with Crippen LogP contribution in [0.2, 0.25) is 0 Å². The van der Waals surface area contributed by atoms with E-state index in [1.54, 1.807) is 29.7 Å². The average Bonchev–Trinajstić information content (AvgIpc) is 3.30. The lowest BCUT2D eigenvalue weighted by Gasteiger charge is -2.10. The summed E-state index contributed by atoms with van der Waals surface area (Å²) in [5, 5.41) is 20.4. The Morgan fingerprint density at radius 3 is 2.77 bits per heavy atom. The molecular weight excluding hydrogens is 482 g/mol. The molecule has 152 valence electrons. The molecule has 1 aliphatic rings. The molecule has 0 saturated heterocycles. The van der Waals surface area contributed by atoms with E-state index in [4.69, 9.17) is 12.2 Å². The zero-order valence-corrected chi connectivity index (χ0v) is 19.2. The Hall–Kier alpha value is -2.54. The van der Waals surface area contributed by atoms with Gasteiger partial charge >= 0.3 is 0 Å². The number of nitrogens with zero attached hydrogens (tertiary/aromatic N) is 3. The molecule has 0 unspecified atom stereocenters. The van der Waals surface area contributed by atoms with E-state index in [2.05, 4.69) is 37.7 Å². The third kappa shape index (κ3) is 4.61. The van der Waals surface area contributed by atoms with Crippen LogP contribution in [0.15, 0.2) is 41.1 Å². The second-order valence-corrected chi connectivity index (χ2v) is 9.42. The summed E-state index contributed by atoms with van der Waals surface area (Å²) in [6, 6.07) is 9.59. The highest BCUT2D eigenvalue weighted by Gasteiger charge is 2.21. The standard InChI is InChI=1S/C21H18BrN5OS2/c22-15-10-24-27(12-15)11-13-5-7-14(8-6-13)19(28)25-21(29)26-20-17(9-23)16-3-1-2-4-18(16)30-20/h5-8,10,12H,1-4,11H2,(H2,25,26,28,29). The first-order valence-corrected chi connectivity index (χ1v) is 11.5. The molecule has 2 aromatic heterocycles. The maximum atomic E-state index is 12.5. The van der Waals surface area contributed by atoms with E-state index in [-0.39, 0.29) is 11.0 Å². The fourth-order valence-electron chi connectivity index (χ4n) is 3.46. The molecule has 4 rings (SSSR count). The third-order valence-electron chi connectivity index (χ3n) is 4.90. The zero-order chi connectivity index (χ0) is 21.1. The predicted octanol–water partition coefficient (Wildman–Crippen LogP) is 4.63. The number of amides is 1. The first-order chi connectivity index (χ1) is 14.5. The highest BCUT2D eigenvalue weighted by molar-refractivity contribution is 9.10. The minimum atomic E-state index is -0.291. The normalized spacial score (nSPS) is 12.7. The van der Waals surface area contributed by atoms with Gasteiger partial charge < -0.3 is 5.32 Å². The quantitative estimate of drug-likeness (QED) is 0.511. The van der Waals surface area contributed by atoms with Crippen molar-refractivity contribution in [3.8, 4) is 6.07 Å². The molecule has 6 nitrogen and oxygen atoms in total. The molecule has 1 amide bonds. The number of carbonyl (C=O) groups excluding carboxylic acids is 1. The number of carbonyl (C=O) groups is 1. The highest BCUT2D eigenvalue weighted by Crippen LogP contribution is 2.37. The first-order valence-electron chi connectivity index (χ1n) is 9.47. The van der Waals surface area contributed by atoms with Gasteiger partial charge in [-0.15, -0.1) is 11.3 Å². The van der Waals surface area contributed by atoms with Crippen molar-refractivity contribution in [2.45, 2.75) is 32.2 Å². The maximum absolute atomic E-state index is 12.5. The van der Waals surface area contributed by atoms with Crippen molar-refractivity contribution in [1.29, 1.82) is 5.26 Å². The summed E-state index contributed by atoms with van der Waals surface area (Å²) in [7, 11) is 0. The van der Waals surface area contributed by atoms with E-state index >= 15 is 0 Å². The SMILES string of the molecule is N#Cc1c(NC(=S)NC(=O)c2ccc(Cn3cc(Br)cn3)cc2)sc2c1CCCC2. The fourth-order valence-corrected chi connectivity index (χ4v) is 5.29. The molecule has 0 aliphatic heterocycles. The number of aryl methyl sites for hydroxylation is 1. The Morgan fingerprint density at radius 1 is 1.30 bits per heavy atom. The van der Waals surface area contributed by atoms with Crippen molar-refractivity contribution in [3.05, 3.63) is 68.3 Å². The second kappa shape index (κ2) is 9.08. The Bertz CT molecular complexity index is 1140. The Balaban J connectivity index is 1.38. The molecule has 0 atom stereocenters. The zero-order valence-electron chi connectivity index (χ0n) is 15.9. The van der Waals surface area contributed by atoms with Gasteiger partial charge in [-0.25, -0.2) is 0 Å². The van der Waals surface area contributed by atoms with Crippen molar-refractivity contribution in [1.82, 2.24) is 15.1 Å². The number of hydrogen-bond acceptors (Lipinski definition) is 5. The number of fused-ring (bicyclic) bond motifs is 1. The minimum absolute atomic E-state index is 0.195. The van der Waals surface area contributed by atoms with Gasteiger partial charge in [0.2, 0.25) is 0 Å². The molecule has 30 heavy (non-hydrogen) atoms. The van der Waals surface area contributed by atoms with Crippen LogP contribution in [0.25, 0.3) is 0 Å². The van der Waals surface area contributed by atoms with Crippen LogP contribution in [0.3, 0.4) is 0 Å². The van der Waals surface area contributed by atoms with E-state index < -0.39 is 0 Å². The number of nitriles is 1. The van der Waals surface area contributed by atoms with Crippen molar-refractivity contribution in [3.63, 3.8) is 0 Å². The molecule has 0 spiro atoms. The van der Waals surface area contributed by atoms with Crippen LogP contribution in [0.5, 0.6) is 0 Å². The maximum Gasteiger partial charge on any atom is 0.257 e. The van der Waals surface area contributed by atoms with Crippen molar-refractivity contribution >= 4 is 55.5 Å². The van der Waals surface area contributed by atoms with Gasteiger partial charge in [0, 0.05) is 16.6 Å². The summed E-state index contributed by atoms with van der Waals surface area (Å²) in [6.45, 7) is 0.618. The average molecular weight is 500 g/mol. The summed E-state index contributed by atoms with van der Waals surface area (Å²) < 4.78 is 2.73. The van der Waals surface area contributed by atoms with Crippen LogP contribution in [-0.4, -0.2) is 20.8 Å². The molecule has 1 aromatic carbocycles.